The van der Waals surface area contributed by atoms with Gasteiger partial charge in [0.2, 0.25) is 0 Å². The quantitative estimate of drug-likeness (QED) is 0.589. The van der Waals surface area contributed by atoms with Gasteiger partial charge in [0, 0.05) is 31.7 Å². The zero-order valence-corrected chi connectivity index (χ0v) is 8.28. The van der Waals surface area contributed by atoms with Crippen LogP contribution in [0.2, 0.25) is 0 Å². The molecule has 1 aliphatic heterocycles. The summed E-state index contributed by atoms with van der Waals surface area (Å²) in [4.78, 5) is 15.2. The van der Waals surface area contributed by atoms with Crippen molar-refractivity contribution < 1.29 is 4.79 Å². The van der Waals surface area contributed by atoms with Crippen LogP contribution in [0, 0.1) is 0 Å². The third-order valence-corrected chi connectivity index (χ3v) is 3.17. The van der Waals surface area contributed by atoms with Crippen LogP contribution in [-0.4, -0.2) is 54.3 Å². The maximum atomic E-state index is 10.4. The topological polar surface area (TPSA) is 23.6 Å². The normalized spacial score (nSPS) is 31.9. The summed E-state index contributed by atoms with van der Waals surface area (Å²) in [5.74, 6) is 0. The summed E-state index contributed by atoms with van der Waals surface area (Å²) in [7, 11) is 0. The Kier molecular flexibility index (Phi) is 2.65. The lowest BCUT2D eigenvalue weighted by atomic mass is 10.2. The van der Waals surface area contributed by atoms with Crippen molar-refractivity contribution in [2.75, 3.05) is 26.2 Å². The van der Waals surface area contributed by atoms with Gasteiger partial charge < -0.3 is 4.79 Å². The van der Waals surface area contributed by atoms with Crippen molar-refractivity contribution in [1.82, 2.24) is 9.80 Å². The molecule has 3 heteroatoms. The highest BCUT2D eigenvalue weighted by atomic mass is 16.1. The first-order chi connectivity index (χ1) is 6.31. The van der Waals surface area contributed by atoms with Crippen molar-refractivity contribution >= 4 is 6.29 Å². The molecule has 0 aromatic heterocycles. The number of rotatable bonds is 3. The van der Waals surface area contributed by atoms with E-state index in [9.17, 15) is 4.79 Å². The van der Waals surface area contributed by atoms with Gasteiger partial charge in [-0.3, -0.25) is 9.80 Å². The SMILES string of the molecule is CC1CN(C2CC2)CCN1CC=O. The van der Waals surface area contributed by atoms with E-state index in [4.69, 9.17) is 0 Å². The van der Waals surface area contributed by atoms with Crippen LogP contribution in [0.25, 0.3) is 0 Å². The molecule has 1 atom stereocenters. The van der Waals surface area contributed by atoms with Crippen molar-refractivity contribution in [3.8, 4) is 0 Å². The van der Waals surface area contributed by atoms with E-state index in [-0.39, 0.29) is 0 Å². The summed E-state index contributed by atoms with van der Waals surface area (Å²) in [6.45, 7) is 6.20. The van der Waals surface area contributed by atoms with Crippen molar-refractivity contribution in [1.29, 1.82) is 0 Å². The molecule has 0 radical (unpaired) electrons. The molecule has 3 nitrogen and oxygen atoms in total. The van der Waals surface area contributed by atoms with Crippen molar-refractivity contribution in [3.63, 3.8) is 0 Å². The number of aldehydes is 1. The molecule has 1 aliphatic carbocycles. The average molecular weight is 182 g/mol. The molecule has 1 unspecified atom stereocenters. The first-order valence-electron chi connectivity index (χ1n) is 5.23. The van der Waals surface area contributed by atoms with Gasteiger partial charge in [-0.15, -0.1) is 0 Å². The Morgan fingerprint density at radius 1 is 1.38 bits per heavy atom. The molecule has 0 N–H and O–H groups in total. The predicted molar refractivity (Wildman–Crippen MR) is 51.7 cm³/mol. The predicted octanol–water partition coefficient (Wildman–Crippen LogP) is 0.354. The summed E-state index contributed by atoms with van der Waals surface area (Å²) in [5, 5.41) is 0. The number of carbonyl (C=O) groups is 1. The molecule has 0 aromatic rings. The van der Waals surface area contributed by atoms with E-state index in [0.717, 1.165) is 32.0 Å². The summed E-state index contributed by atoms with van der Waals surface area (Å²) in [5.41, 5.74) is 0. The maximum Gasteiger partial charge on any atom is 0.133 e. The minimum atomic E-state index is 0.555. The molecule has 13 heavy (non-hydrogen) atoms. The largest absolute Gasteiger partial charge is 0.302 e. The monoisotopic (exact) mass is 182 g/mol. The van der Waals surface area contributed by atoms with E-state index in [2.05, 4.69) is 16.7 Å². The van der Waals surface area contributed by atoms with Crippen LogP contribution in [0.3, 0.4) is 0 Å². The second kappa shape index (κ2) is 3.76. The fourth-order valence-corrected chi connectivity index (χ4v) is 2.16. The Morgan fingerprint density at radius 3 is 2.69 bits per heavy atom. The zero-order valence-electron chi connectivity index (χ0n) is 8.28. The molecule has 1 heterocycles. The van der Waals surface area contributed by atoms with Gasteiger partial charge >= 0.3 is 0 Å². The minimum Gasteiger partial charge on any atom is -0.302 e. The Morgan fingerprint density at radius 2 is 2.15 bits per heavy atom. The molecule has 0 spiro atoms. The third kappa shape index (κ3) is 2.09. The van der Waals surface area contributed by atoms with Crippen LogP contribution >= 0.6 is 0 Å². The van der Waals surface area contributed by atoms with E-state index in [0.29, 0.717) is 12.6 Å². The van der Waals surface area contributed by atoms with Crippen LogP contribution in [0.15, 0.2) is 0 Å². The molecule has 0 amide bonds. The Balaban J connectivity index is 1.83. The summed E-state index contributed by atoms with van der Waals surface area (Å²) < 4.78 is 0. The summed E-state index contributed by atoms with van der Waals surface area (Å²) in [6.07, 6.45) is 3.80. The Labute approximate surface area is 79.7 Å². The van der Waals surface area contributed by atoms with Gasteiger partial charge in [0.05, 0.1) is 6.54 Å². The van der Waals surface area contributed by atoms with Crippen LogP contribution < -0.4 is 0 Å². The zero-order chi connectivity index (χ0) is 9.26. The van der Waals surface area contributed by atoms with E-state index in [1.54, 1.807) is 0 Å². The summed E-state index contributed by atoms with van der Waals surface area (Å²) in [6, 6.07) is 1.43. The van der Waals surface area contributed by atoms with Gasteiger partial charge in [-0.05, 0) is 19.8 Å². The van der Waals surface area contributed by atoms with Gasteiger partial charge in [-0.1, -0.05) is 0 Å². The minimum absolute atomic E-state index is 0.555. The smallest absolute Gasteiger partial charge is 0.133 e. The lowest BCUT2D eigenvalue weighted by Gasteiger charge is -2.39. The molecular weight excluding hydrogens is 164 g/mol. The van der Waals surface area contributed by atoms with Crippen LogP contribution in [0.5, 0.6) is 0 Å². The second-order valence-electron chi connectivity index (χ2n) is 4.24. The van der Waals surface area contributed by atoms with E-state index >= 15 is 0 Å². The second-order valence-corrected chi connectivity index (χ2v) is 4.24. The van der Waals surface area contributed by atoms with Gasteiger partial charge in [-0.2, -0.15) is 0 Å². The third-order valence-electron chi connectivity index (χ3n) is 3.17. The van der Waals surface area contributed by atoms with Gasteiger partial charge in [-0.25, -0.2) is 0 Å². The van der Waals surface area contributed by atoms with E-state index in [1.807, 2.05) is 0 Å². The highest BCUT2D eigenvalue weighted by Crippen LogP contribution is 2.28. The van der Waals surface area contributed by atoms with E-state index < -0.39 is 0 Å². The lowest BCUT2D eigenvalue weighted by Crippen LogP contribution is -2.52. The number of carbonyl (C=O) groups excluding carboxylic acids is 1. The molecule has 2 fully saturated rings. The molecule has 1 saturated carbocycles. The van der Waals surface area contributed by atoms with Crippen molar-refractivity contribution in [2.45, 2.75) is 31.8 Å². The number of hydrogen-bond donors (Lipinski definition) is 0. The highest BCUT2D eigenvalue weighted by Gasteiger charge is 2.33. The van der Waals surface area contributed by atoms with Crippen molar-refractivity contribution in [3.05, 3.63) is 0 Å². The maximum absolute atomic E-state index is 10.4. The summed E-state index contributed by atoms with van der Waals surface area (Å²) >= 11 is 0. The standard InChI is InChI=1S/C10H18N2O/c1-9-8-12(10-2-3-10)5-4-11(9)6-7-13/h7,9-10H,2-6,8H2,1H3. The molecule has 2 aliphatic rings. The van der Waals surface area contributed by atoms with Crippen LogP contribution in [0.4, 0.5) is 0 Å². The van der Waals surface area contributed by atoms with Crippen LogP contribution in [-0.2, 0) is 4.79 Å². The van der Waals surface area contributed by atoms with Gasteiger partial charge in [0.25, 0.3) is 0 Å². The van der Waals surface area contributed by atoms with Crippen LogP contribution in [0.1, 0.15) is 19.8 Å². The Bertz CT molecular complexity index is 191. The molecule has 1 saturated heterocycles. The fraction of sp³-hybridized carbons (Fsp3) is 0.900. The fourth-order valence-electron chi connectivity index (χ4n) is 2.16. The first kappa shape index (κ1) is 9.16. The first-order valence-corrected chi connectivity index (χ1v) is 5.23. The molecule has 0 aromatic carbocycles. The van der Waals surface area contributed by atoms with E-state index in [1.165, 1.54) is 12.8 Å². The molecular formula is C10H18N2O. The number of nitrogens with zero attached hydrogens (tertiary/aromatic N) is 2. The van der Waals surface area contributed by atoms with Gasteiger partial charge in [0.1, 0.15) is 6.29 Å². The number of piperazine rings is 1. The molecule has 74 valence electrons. The number of hydrogen-bond acceptors (Lipinski definition) is 3. The molecule has 0 bridgehead atoms. The van der Waals surface area contributed by atoms with Crippen molar-refractivity contribution in [2.24, 2.45) is 0 Å². The lowest BCUT2D eigenvalue weighted by molar-refractivity contribution is -0.109. The average Bonchev–Trinajstić information content (AvgIpc) is 2.91. The molecule has 2 rings (SSSR count). The van der Waals surface area contributed by atoms with Gasteiger partial charge in [0.15, 0.2) is 0 Å². The Hall–Kier alpha value is -0.410. The highest BCUT2D eigenvalue weighted by molar-refractivity contribution is 5.52.